The molecule has 1 rings (SSSR count). The van der Waals surface area contributed by atoms with Gasteiger partial charge in [0.05, 0.1) is 0 Å². The van der Waals surface area contributed by atoms with E-state index >= 15 is 0 Å². The molecule has 0 spiro atoms. The minimum Gasteiger partial charge on any atom is -0.480 e. The van der Waals surface area contributed by atoms with Crippen LogP contribution in [-0.2, 0) is 11.2 Å². The van der Waals surface area contributed by atoms with E-state index in [1.165, 1.54) is 18.2 Å². The van der Waals surface area contributed by atoms with Crippen LogP contribution >= 0.6 is 15.9 Å². The highest BCUT2D eigenvalue weighted by Gasteiger charge is 2.58. The molecule has 94 valence electrons. The second kappa shape index (κ2) is 4.66. The Morgan fingerprint density at radius 2 is 1.88 bits per heavy atom. The number of halogens is 4. The molecule has 0 saturated heterocycles. The van der Waals surface area contributed by atoms with E-state index in [1.807, 2.05) is 0 Å². The first-order valence-corrected chi connectivity index (χ1v) is 5.30. The van der Waals surface area contributed by atoms with Gasteiger partial charge in [0.25, 0.3) is 0 Å². The number of carbonyl (C=O) groups is 1. The maximum Gasteiger partial charge on any atom is 0.417 e. The third-order valence-electron chi connectivity index (χ3n) is 2.31. The highest BCUT2D eigenvalue weighted by molar-refractivity contribution is 9.10. The fraction of sp³-hybridized carbons (Fsp3) is 0.300. The fourth-order valence-corrected chi connectivity index (χ4v) is 1.66. The van der Waals surface area contributed by atoms with Crippen LogP contribution in [-0.4, -0.2) is 22.8 Å². The Balaban J connectivity index is 3.13. The molecule has 0 amide bonds. The quantitative estimate of drug-likeness (QED) is 0.900. The Hall–Kier alpha value is -1.08. The minimum atomic E-state index is -5.02. The fourth-order valence-electron chi connectivity index (χ4n) is 1.24. The maximum absolute atomic E-state index is 12.7. The van der Waals surface area contributed by atoms with Crippen molar-refractivity contribution < 1.29 is 23.1 Å². The lowest BCUT2D eigenvalue weighted by Gasteiger charge is -2.27. The van der Waals surface area contributed by atoms with Gasteiger partial charge in [0.2, 0.25) is 5.54 Å². The van der Waals surface area contributed by atoms with Crippen molar-refractivity contribution in [2.75, 3.05) is 0 Å². The van der Waals surface area contributed by atoms with Crippen LogP contribution in [0.25, 0.3) is 0 Å². The third-order valence-corrected chi connectivity index (χ3v) is 3.09. The molecule has 0 aliphatic rings. The van der Waals surface area contributed by atoms with Gasteiger partial charge in [-0.25, -0.2) is 4.79 Å². The number of benzene rings is 1. The lowest BCUT2D eigenvalue weighted by molar-refractivity contribution is -0.201. The van der Waals surface area contributed by atoms with Crippen molar-refractivity contribution in [2.45, 2.75) is 18.1 Å². The number of nitrogens with two attached hydrogens (primary N) is 1. The highest BCUT2D eigenvalue weighted by Crippen LogP contribution is 2.33. The van der Waals surface area contributed by atoms with Gasteiger partial charge in [-0.1, -0.05) is 34.1 Å². The molecule has 1 atom stereocenters. The van der Waals surface area contributed by atoms with Crippen LogP contribution in [0.15, 0.2) is 28.7 Å². The molecule has 0 aromatic heterocycles. The summed E-state index contributed by atoms with van der Waals surface area (Å²) in [5.41, 5.74) is 1.88. The lowest BCUT2D eigenvalue weighted by Crippen LogP contribution is -2.61. The van der Waals surface area contributed by atoms with Crippen LogP contribution < -0.4 is 5.73 Å². The molecule has 1 aromatic rings. The number of hydrogen-bond donors (Lipinski definition) is 2. The summed E-state index contributed by atoms with van der Waals surface area (Å²) in [6.45, 7) is 0. The number of hydrogen-bond acceptors (Lipinski definition) is 2. The van der Waals surface area contributed by atoms with E-state index in [4.69, 9.17) is 10.8 Å². The van der Waals surface area contributed by atoms with E-state index in [1.54, 1.807) is 6.07 Å². The van der Waals surface area contributed by atoms with Crippen LogP contribution in [0.2, 0.25) is 0 Å². The van der Waals surface area contributed by atoms with Crippen molar-refractivity contribution in [1.82, 2.24) is 0 Å². The summed E-state index contributed by atoms with van der Waals surface area (Å²) in [4.78, 5) is 10.7. The summed E-state index contributed by atoms with van der Waals surface area (Å²) in [6, 6.07) is 6.03. The van der Waals surface area contributed by atoms with Crippen LogP contribution in [0.3, 0.4) is 0 Å². The van der Waals surface area contributed by atoms with Crippen molar-refractivity contribution in [1.29, 1.82) is 0 Å². The summed E-state index contributed by atoms with van der Waals surface area (Å²) in [5.74, 6) is -2.10. The van der Waals surface area contributed by atoms with E-state index < -0.39 is 24.1 Å². The zero-order chi connectivity index (χ0) is 13.3. The molecule has 1 unspecified atom stereocenters. The molecule has 0 radical (unpaired) electrons. The Bertz CT molecular complexity index is 436. The average Bonchev–Trinajstić information content (AvgIpc) is 2.19. The number of carboxylic acid groups (broad SMARTS) is 1. The van der Waals surface area contributed by atoms with E-state index in [2.05, 4.69) is 15.9 Å². The van der Waals surface area contributed by atoms with Crippen molar-refractivity contribution in [3.05, 3.63) is 34.3 Å². The molecule has 3 nitrogen and oxygen atoms in total. The number of alkyl halides is 3. The number of aliphatic carboxylic acids is 1. The molecule has 0 heterocycles. The average molecular weight is 312 g/mol. The number of rotatable bonds is 3. The van der Waals surface area contributed by atoms with E-state index in [0.717, 1.165) is 0 Å². The van der Waals surface area contributed by atoms with Gasteiger partial charge in [0.1, 0.15) is 0 Å². The van der Waals surface area contributed by atoms with Crippen LogP contribution in [0.4, 0.5) is 13.2 Å². The largest absolute Gasteiger partial charge is 0.480 e. The van der Waals surface area contributed by atoms with Crippen LogP contribution in [0.1, 0.15) is 5.56 Å². The molecule has 1 aromatic carbocycles. The second-order valence-electron chi connectivity index (χ2n) is 3.54. The predicted molar refractivity (Wildman–Crippen MR) is 58.5 cm³/mol. The van der Waals surface area contributed by atoms with Gasteiger partial charge in [-0.05, 0) is 11.6 Å². The summed E-state index contributed by atoms with van der Waals surface area (Å²) in [6.07, 6.45) is -5.85. The minimum absolute atomic E-state index is 0.190. The van der Waals surface area contributed by atoms with E-state index in [9.17, 15) is 18.0 Å². The molecule has 0 bridgehead atoms. The predicted octanol–water partition coefficient (Wildman–Crippen LogP) is 2.34. The van der Waals surface area contributed by atoms with Gasteiger partial charge in [-0.15, -0.1) is 0 Å². The van der Waals surface area contributed by atoms with Crippen molar-refractivity contribution in [3.8, 4) is 0 Å². The van der Waals surface area contributed by atoms with Crippen LogP contribution in [0, 0.1) is 0 Å². The lowest BCUT2D eigenvalue weighted by atomic mass is 9.91. The number of carboxylic acids is 1. The topological polar surface area (TPSA) is 63.3 Å². The first-order chi connectivity index (χ1) is 7.68. The van der Waals surface area contributed by atoms with Gasteiger partial charge in [-0.2, -0.15) is 13.2 Å². The molecule has 17 heavy (non-hydrogen) atoms. The maximum atomic E-state index is 12.7. The smallest absolute Gasteiger partial charge is 0.417 e. The molecule has 0 saturated carbocycles. The first-order valence-electron chi connectivity index (χ1n) is 4.51. The summed E-state index contributed by atoms with van der Waals surface area (Å²) in [5, 5.41) is 8.66. The van der Waals surface area contributed by atoms with Gasteiger partial charge >= 0.3 is 12.1 Å². The second-order valence-corrected chi connectivity index (χ2v) is 4.40. The van der Waals surface area contributed by atoms with Crippen molar-refractivity contribution in [3.63, 3.8) is 0 Å². The zero-order valence-electron chi connectivity index (χ0n) is 8.46. The summed E-state index contributed by atoms with van der Waals surface area (Å²) >= 11 is 3.05. The van der Waals surface area contributed by atoms with Crippen LogP contribution in [0.5, 0.6) is 0 Å². The SMILES string of the molecule is NC(Cc1ccccc1Br)(C(=O)O)C(F)(F)F. The van der Waals surface area contributed by atoms with Gasteiger partial charge in [-0.3, -0.25) is 0 Å². The Morgan fingerprint density at radius 3 is 2.29 bits per heavy atom. The van der Waals surface area contributed by atoms with E-state index in [-0.39, 0.29) is 5.56 Å². The molecule has 3 N–H and O–H groups in total. The van der Waals surface area contributed by atoms with Gasteiger partial charge in [0, 0.05) is 10.9 Å². The van der Waals surface area contributed by atoms with Gasteiger partial charge < -0.3 is 10.8 Å². The molecule has 7 heteroatoms. The first kappa shape index (κ1) is 14.0. The van der Waals surface area contributed by atoms with Crippen molar-refractivity contribution in [2.24, 2.45) is 5.73 Å². The summed E-state index contributed by atoms with van der Waals surface area (Å²) in [7, 11) is 0. The Morgan fingerprint density at radius 1 is 1.35 bits per heavy atom. The molecule has 0 aliphatic heterocycles. The molecular formula is C10H9BrF3NO2. The summed E-state index contributed by atoms with van der Waals surface area (Å²) < 4.78 is 38.3. The normalized spacial score (nSPS) is 15.4. The standard InChI is InChI=1S/C10H9BrF3NO2/c11-7-4-2-1-3-6(7)5-9(15,8(16)17)10(12,13)14/h1-4H,5,15H2,(H,16,17). The Kier molecular flexibility index (Phi) is 3.83. The Labute approximate surface area is 104 Å². The highest BCUT2D eigenvalue weighted by atomic mass is 79.9. The molecule has 0 fully saturated rings. The molecular weight excluding hydrogens is 303 g/mol. The van der Waals surface area contributed by atoms with Crippen molar-refractivity contribution >= 4 is 21.9 Å². The monoisotopic (exact) mass is 311 g/mol. The zero-order valence-corrected chi connectivity index (χ0v) is 10.0. The van der Waals surface area contributed by atoms with Gasteiger partial charge in [0.15, 0.2) is 0 Å². The third kappa shape index (κ3) is 2.78. The molecule has 0 aliphatic carbocycles. The van der Waals surface area contributed by atoms with E-state index in [0.29, 0.717) is 4.47 Å².